The van der Waals surface area contributed by atoms with Crippen molar-refractivity contribution in [1.82, 2.24) is 15.5 Å². The summed E-state index contributed by atoms with van der Waals surface area (Å²) >= 11 is 5.98. The van der Waals surface area contributed by atoms with Crippen LogP contribution in [0.15, 0.2) is 23.2 Å². The number of carbonyl (C=O) groups is 1. The molecule has 1 aromatic carbocycles. The van der Waals surface area contributed by atoms with Crippen LogP contribution in [0.1, 0.15) is 38.2 Å². The van der Waals surface area contributed by atoms with E-state index < -0.39 is 0 Å². The molecule has 0 atom stereocenters. The number of hydrogen-bond acceptors (Lipinski definition) is 3. The van der Waals surface area contributed by atoms with E-state index in [4.69, 9.17) is 21.3 Å². The van der Waals surface area contributed by atoms with Gasteiger partial charge in [0, 0.05) is 51.1 Å². The van der Waals surface area contributed by atoms with Crippen LogP contribution in [0, 0.1) is 12.8 Å². The molecule has 1 aliphatic rings. The van der Waals surface area contributed by atoms with Crippen molar-refractivity contribution in [1.29, 1.82) is 0 Å². The van der Waals surface area contributed by atoms with Crippen molar-refractivity contribution < 1.29 is 9.53 Å². The second kappa shape index (κ2) is 13.9. The quantitative estimate of drug-likeness (QED) is 0.229. The van der Waals surface area contributed by atoms with Gasteiger partial charge in [0.05, 0.1) is 6.61 Å². The Bertz CT molecular complexity index is 664. The molecular weight excluding hydrogens is 503 g/mol. The second-order valence-corrected chi connectivity index (χ2v) is 7.59. The number of piperidine rings is 1. The first-order valence-corrected chi connectivity index (χ1v) is 10.5. The normalized spacial score (nSPS) is 14.9. The fourth-order valence-electron chi connectivity index (χ4n) is 3.35. The fourth-order valence-corrected chi connectivity index (χ4v) is 3.57. The minimum atomic E-state index is 0. The smallest absolute Gasteiger partial charge is 0.220 e. The highest BCUT2D eigenvalue weighted by Gasteiger charge is 2.22. The van der Waals surface area contributed by atoms with Crippen molar-refractivity contribution in [2.24, 2.45) is 10.9 Å². The lowest BCUT2D eigenvalue weighted by Gasteiger charge is -2.34. The molecule has 0 unspecified atom stereocenters. The average molecular weight is 537 g/mol. The van der Waals surface area contributed by atoms with Crippen LogP contribution in [0.25, 0.3) is 0 Å². The van der Waals surface area contributed by atoms with Gasteiger partial charge in [-0.3, -0.25) is 9.79 Å². The Morgan fingerprint density at radius 2 is 2.07 bits per heavy atom. The van der Waals surface area contributed by atoms with Crippen molar-refractivity contribution >= 4 is 47.4 Å². The Kier molecular flexibility index (Phi) is 12.4. The third kappa shape index (κ3) is 8.99. The molecule has 0 radical (unpaired) electrons. The standard InChI is InChI=1S/C21H33ClN4O2.HI/c1-4-24-21(26-11-8-17(9-12-26)15-20(27)23-3)25-10-5-13-28-19-7-6-18(22)14-16(19)2;/h6-7,14,17H,4-5,8-13,15H2,1-3H3,(H,23,27)(H,24,25);1H. The van der Waals surface area contributed by atoms with Gasteiger partial charge in [-0.1, -0.05) is 11.6 Å². The first-order valence-electron chi connectivity index (χ1n) is 10.2. The number of guanidine groups is 1. The number of ether oxygens (including phenoxy) is 1. The Morgan fingerprint density at radius 3 is 2.69 bits per heavy atom. The minimum absolute atomic E-state index is 0. The molecule has 8 heteroatoms. The molecule has 0 saturated carbocycles. The van der Waals surface area contributed by atoms with Crippen LogP contribution in [0.2, 0.25) is 5.02 Å². The maximum Gasteiger partial charge on any atom is 0.220 e. The van der Waals surface area contributed by atoms with E-state index >= 15 is 0 Å². The lowest BCUT2D eigenvalue weighted by Crippen LogP contribution is -2.46. The van der Waals surface area contributed by atoms with Gasteiger partial charge in [0.2, 0.25) is 5.91 Å². The van der Waals surface area contributed by atoms with Crippen molar-refractivity contribution in [3.63, 3.8) is 0 Å². The van der Waals surface area contributed by atoms with Gasteiger partial charge in [0.15, 0.2) is 5.96 Å². The number of rotatable bonds is 8. The van der Waals surface area contributed by atoms with Crippen molar-refractivity contribution in [3.8, 4) is 5.75 Å². The van der Waals surface area contributed by atoms with Crippen LogP contribution in [-0.2, 0) is 4.79 Å². The maximum absolute atomic E-state index is 11.6. The highest BCUT2D eigenvalue weighted by atomic mass is 127. The van der Waals surface area contributed by atoms with Gasteiger partial charge in [-0.05, 0) is 56.4 Å². The van der Waals surface area contributed by atoms with Gasteiger partial charge < -0.3 is 20.3 Å². The molecule has 2 N–H and O–H groups in total. The monoisotopic (exact) mass is 536 g/mol. The molecule has 0 aliphatic carbocycles. The van der Waals surface area contributed by atoms with Crippen LogP contribution in [0.4, 0.5) is 0 Å². The van der Waals surface area contributed by atoms with Crippen molar-refractivity contribution in [2.75, 3.05) is 39.8 Å². The van der Waals surface area contributed by atoms with Crippen molar-refractivity contribution in [3.05, 3.63) is 28.8 Å². The summed E-state index contributed by atoms with van der Waals surface area (Å²) in [5.74, 6) is 2.44. The van der Waals surface area contributed by atoms with Gasteiger partial charge in [0.1, 0.15) is 5.75 Å². The lowest BCUT2D eigenvalue weighted by atomic mass is 9.93. The molecule has 0 spiro atoms. The topological polar surface area (TPSA) is 66.0 Å². The summed E-state index contributed by atoms with van der Waals surface area (Å²) in [6.45, 7) is 8.14. The molecule has 1 fully saturated rings. The van der Waals surface area contributed by atoms with E-state index in [2.05, 4.69) is 22.5 Å². The van der Waals surface area contributed by atoms with Crippen LogP contribution >= 0.6 is 35.6 Å². The molecule has 0 bridgehead atoms. The molecule has 1 aliphatic heterocycles. The van der Waals surface area contributed by atoms with Gasteiger partial charge in [-0.15, -0.1) is 24.0 Å². The molecule has 1 aromatic rings. The SMILES string of the molecule is CCNC(=NCCCOc1ccc(Cl)cc1C)N1CCC(CC(=O)NC)CC1.I. The van der Waals surface area contributed by atoms with E-state index in [1.165, 1.54) is 0 Å². The second-order valence-electron chi connectivity index (χ2n) is 7.16. The number of aryl methyl sites for hydroxylation is 1. The lowest BCUT2D eigenvalue weighted by molar-refractivity contribution is -0.121. The van der Waals surface area contributed by atoms with Crippen LogP contribution in [-0.4, -0.2) is 56.6 Å². The summed E-state index contributed by atoms with van der Waals surface area (Å²) in [5.41, 5.74) is 1.05. The summed E-state index contributed by atoms with van der Waals surface area (Å²) in [7, 11) is 1.70. The van der Waals surface area contributed by atoms with E-state index in [1.807, 2.05) is 25.1 Å². The van der Waals surface area contributed by atoms with E-state index in [9.17, 15) is 4.79 Å². The number of hydrogen-bond donors (Lipinski definition) is 2. The zero-order valence-corrected chi connectivity index (χ0v) is 20.8. The van der Waals surface area contributed by atoms with Crippen molar-refractivity contribution in [2.45, 2.75) is 39.5 Å². The van der Waals surface area contributed by atoms with E-state index in [0.29, 0.717) is 25.5 Å². The highest BCUT2D eigenvalue weighted by Crippen LogP contribution is 2.22. The Balaban J connectivity index is 0.00000420. The number of aliphatic imine (C=N–C) groups is 1. The summed E-state index contributed by atoms with van der Waals surface area (Å²) in [4.78, 5) is 18.6. The predicted octanol–water partition coefficient (Wildman–Crippen LogP) is 3.85. The number of halogens is 2. The molecule has 6 nitrogen and oxygen atoms in total. The molecular formula is C21H34ClIN4O2. The highest BCUT2D eigenvalue weighted by molar-refractivity contribution is 14.0. The predicted molar refractivity (Wildman–Crippen MR) is 131 cm³/mol. The first-order chi connectivity index (χ1) is 13.5. The number of nitrogens with zero attached hydrogens (tertiary/aromatic N) is 2. The largest absolute Gasteiger partial charge is 0.493 e. The Morgan fingerprint density at radius 1 is 1.34 bits per heavy atom. The van der Waals surface area contributed by atoms with E-state index in [1.54, 1.807) is 7.05 Å². The maximum atomic E-state index is 11.6. The third-order valence-electron chi connectivity index (χ3n) is 4.96. The fraction of sp³-hybridized carbons (Fsp3) is 0.619. The molecule has 164 valence electrons. The van der Waals surface area contributed by atoms with E-state index in [0.717, 1.165) is 61.2 Å². The number of likely N-dealkylation sites (tertiary alicyclic amines) is 1. The molecule has 29 heavy (non-hydrogen) atoms. The molecule has 1 amide bonds. The van der Waals surface area contributed by atoms with E-state index in [-0.39, 0.29) is 29.9 Å². The van der Waals surface area contributed by atoms with Crippen LogP contribution < -0.4 is 15.4 Å². The summed E-state index contributed by atoms with van der Waals surface area (Å²) in [5, 5.41) is 6.83. The minimum Gasteiger partial charge on any atom is -0.493 e. The Hall–Kier alpha value is -1.22. The zero-order valence-electron chi connectivity index (χ0n) is 17.7. The van der Waals surface area contributed by atoms with Gasteiger partial charge in [0.25, 0.3) is 0 Å². The summed E-state index contributed by atoms with van der Waals surface area (Å²) in [6.07, 6.45) is 3.52. The number of nitrogens with one attached hydrogen (secondary N) is 2. The average Bonchev–Trinajstić information content (AvgIpc) is 2.69. The number of benzene rings is 1. The Labute approximate surface area is 196 Å². The number of carbonyl (C=O) groups excluding carboxylic acids is 1. The van der Waals surface area contributed by atoms with Gasteiger partial charge in [-0.2, -0.15) is 0 Å². The van der Waals surface area contributed by atoms with Crippen LogP contribution in [0.5, 0.6) is 5.75 Å². The first kappa shape index (κ1) is 25.8. The van der Waals surface area contributed by atoms with Gasteiger partial charge in [-0.25, -0.2) is 0 Å². The third-order valence-corrected chi connectivity index (χ3v) is 5.20. The molecule has 1 heterocycles. The molecule has 1 saturated heterocycles. The summed E-state index contributed by atoms with van der Waals surface area (Å²) in [6, 6.07) is 5.67. The zero-order chi connectivity index (χ0) is 20.4. The van der Waals surface area contributed by atoms with Crippen LogP contribution in [0.3, 0.4) is 0 Å². The molecule has 2 rings (SSSR count). The van der Waals surface area contributed by atoms with Gasteiger partial charge >= 0.3 is 0 Å². The summed E-state index contributed by atoms with van der Waals surface area (Å²) < 4.78 is 5.84. The number of amides is 1. The molecule has 0 aromatic heterocycles.